The molecule has 0 saturated carbocycles. The third-order valence-corrected chi connectivity index (χ3v) is 12.3. The molecule has 9 aromatic carbocycles. The average Bonchev–Trinajstić information content (AvgIpc) is 4.07. The summed E-state index contributed by atoms with van der Waals surface area (Å²) in [6, 6.07) is 74.0. The van der Waals surface area contributed by atoms with Crippen LogP contribution in [0.2, 0.25) is 0 Å². The molecule has 0 N–H and O–H groups in total. The van der Waals surface area contributed by atoms with Gasteiger partial charge in [0.1, 0.15) is 5.52 Å². The predicted molar refractivity (Wildman–Crippen MR) is 248 cm³/mol. The minimum atomic E-state index is 0.627. The van der Waals surface area contributed by atoms with E-state index in [1.165, 1.54) is 71.0 Å². The van der Waals surface area contributed by atoms with Crippen LogP contribution in [0.4, 0.5) is 0 Å². The van der Waals surface area contributed by atoms with E-state index in [0.29, 0.717) is 5.89 Å². The van der Waals surface area contributed by atoms with Gasteiger partial charge in [-0.1, -0.05) is 97.1 Å². The molecule has 5 heteroatoms. The fraction of sp³-hybridized carbons (Fsp3) is 0. The Morgan fingerprint density at radius 1 is 0.300 bits per heavy atom. The molecular formula is C55H34N4O. The Labute approximate surface area is 344 Å². The van der Waals surface area contributed by atoms with Crippen LogP contribution in [-0.2, 0) is 0 Å². The summed E-state index contributed by atoms with van der Waals surface area (Å²) >= 11 is 0. The van der Waals surface area contributed by atoms with Crippen molar-refractivity contribution in [1.29, 1.82) is 0 Å². The molecule has 0 spiro atoms. The number of para-hydroxylation sites is 6. The lowest BCUT2D eigenvalue weighted by Crippen LogP contribution is -1.95. The van der Waals surface area contributed by atoms with Crippen LogP contribution in [-0.4, -0.2) is 18.7 Å². The van der Waals surface area contributed by atoms with E-state index in [1.54, 1.807) is 0 Å². The molecule has 280 valence electrons. The third-order valence-electron chi connectivity index (χ3n) is 12.3. The lowest BCUT2D eigenvalue weighted by atomic mass is 10.00. The molecule has 0 fully saturated rings. The van der Waals surface area contributed by atoms with Crippen LogP contribution in [0.5, 0.6) is 0 Å². The van der Waals surface area contributed by atoms with Crippen molar-refractivity contribution >= 4 is 76.5 Å². The van der Waals surface area contributed by atoms with E-state index in [1.807, 2.05) is 24.3 Å². The Kier molecular flexibility index (Phi) is 6.95. The number of hydrogen-bond donors (Lipinski definition) is 0. The second-order valence-corrected chi connectivity index (χ2v) is 15.6. The van der Waals surface area contributed by atoms with Crippen molar-refractivity contribution < 1.29 is 4.42 Å². The van der Waals surface area contributed by atoms with Crippen LogP contribution in [0, 0.1) is 0 Å². The average molecular weight is 767 g/mol. The summed E-state index contributed by atoms with van der Waals surface area (Å²) in [6.07, 6.45) is 0. The largest absolute Gasteiger partial charge is 0.436 e. The molecule has 0 aliphatic heterocycles. The van der Waals surface area contributed by atoms with Crippen molar-refractivity contribution in [3.63, 3.8) is 0 Å². The maximum atomic E-state index is 6.09. The van der Waals surface area contributed by atoms with Gasteiger partial charge in [-0.25, -0.2) is 4.98 Å². The van der Waals surface area contributed by atoms with Gasteiger partial charge in [-0.3, -0.25) is 0 Å². The van der Waals surface area contributed by atoms with Crippen molar-refractivity contribution in [3.8, 4) is 39.6 Å². The molecule has 13 aromatic rings. The van der Waals surface area contributed by atoms with Crippen LogP contribution >= 0.6 is 0 Å². The number of oxazole rings is 1. The summed E-state index contributed by atoms with van der Waals surface area (Å²) < 4.78 is 13.3. The highest BCUT2D eigenvalue weighted by Crippen LogP contribution is 2.42. The first-order valence-electron chi connectivity index (χ1n) is 20.4. The lowest BCUT2D eigenvalue weighted by Gasteiger charge is -2.10. The first-order chi connectivity index (χ1) is 29.7. The zero-order valence-electron chi connectivity index (χ0n) is 32.3. The van der Waals surface area contributed by atoms with Crippen molar-refractivity contribution in [2.24, 2.45) is 0 Å². The minimum absolute atomic E-state index is 0.627. The first kappa shape index (κ1) is 32.9. The number of hydrogen-bond acceptors (Lipinski definition) is 2. The molecular weight excluding hydrogens is 733 g/mol. The lowest BCUT2D eigenvalue weighted by molar-refractivity contribution is 0.620. The number of nitrogens with zero attached hydrogens (tertiary/aromatic N) is 4. The van der Waals surface area contributed by atoms with Gasteiger partial charge in [-0.15, -0.1) is 0 Å². The summed E-state index contributed by atoms with van der Waals surface area (Å²) in [5.41, 5.74) is 15.4. The quantitative estimate of drug-likeness (QED) is 0.175. The van der Waals surface area contributed by atoms with Gasteiger partial charge in [0.05, 0.1) is 33.1 Å². The highest BCUT2D eigenvalue weighted by atomic mass is 16.3. The number of fused-ring (bicyclic) bond motifs is 10. The Morgan fingerprint density at radius 3 is 1.33 bits per heavy atom. The molecule has 0 unspecified atom stereocenters. The van der Waals surface area contributed by atoms with Gasteiger partial charge in [0, 0.05) is 54.9 Å². The van der Waals surface area contributed by atoms with E-state index < -0.39 is 0 Å². The van der Waals surface area contributed by atoms with E-state index >= 15 is 0 Å². The molecule has 5 nitrogen and oxygen atoms in total. The molecule has 0 bridgehead atoms. The van der Waals surface area contributed by atoms with Gasteiger partial charge in [0.25, 0.3) is 0 Å². The van der Waals surface area contributed by atoms with Gasteiger partial charge in [0.15, 0.2) is 5.58 Å². The molecule has 4 aromatic heterocycles. The molecule has 0 aliphatic rings. The van der Waals surface area contributed by atoms with Gasteiger partial charge in [0.2, 0.25) is 5.89 Å². The maximum Gasteiger partial charge on any atom is 0.227 e. The van der Waals surface area contributed by atoms with Crippen molar-refractivity contribution in [1.82, 2.24) is 18.7 Å². The summed E-state index contributed by atoms with van der Waals surface area (Å²) in [6.45, 7) is 0. The fourth-order valence-electron chi connectivity index (χ4n) is 9.55. The van der Waals surface area contributed by atoms with Gasteiger partial charge in [-0.05, 0) is 120 Å². The highest BCUT2D eigenvalue weighted by molar-refractivity contribution is 6.20. The first-order valence-corrected chi connectivity index (χ1v) is 20.4. The third kappa shape index (κ3) is 4.84. The maximum absolute atomic E-state index is 6.09. The van der Waals surface area contributed by atoms with Crippen molar-refractivity contribution in [2.45, 2.75) is 0 Å². The molecule has 0 aliphatic carbocycles. The summed E-state index contributed by atoms with van der Waals surface area (Å²) in [5.74, 6) is 0.627. The Morgan fingerprint density at radius 2 is 0.733 bits per heavy atom. The zero-order valence-corrected chi connectivity index (χ0v) is 32.3. The summed E-state index contributed by atoms with van der Waals surface area (Å²) in [4.78, 5) is 4.73. The van der Waals surface area contributed by atoms with Crippen LogP contribution in [0.1, 0.15) is 0 Å². The van der Waals surface area contributed by atoms with E-state index in [9.17, 15) is 0 Å². The monoisotopic (exact) mass is 766 g/mol. The number of aromatic nitrogens is 4. The standard InChI is InChI=1S/C55H34N4O/c1-3-13-38(14-4-1)58-49-21-11-8-18-42(49)45-33-46-44-32-37(26-30-51(44)59(53(46)34-52(45)58)39-15-5-2-6-16-39)36-25-29-50-43(31-36)41-17-7-10-20-48(41)57(50)40-27-23-35(24-28-40)55-56-47-19-9-12-22-54(47)60-55/h1-34H. The Hall–Kier alpha value is -8.15. The molecule has 0 amide bonds. The van der Waals surface area contributed by atoms with E-state index in [-0.39, 0.29) is 0 Å². The SMILES string of the molecule is c1ccc(-n2c3ccccc3c3cc4c5cc(-c6ccc7c(c6)c6ccccc6n7-c6ccc(-c7nc8ccccc8o7)cc6)ccc5n(-c5ccccc5)c4cc32)cc1. The van der Waals surface area contributed by atoms with E-state index in [4.69, 9.17) is 9.40 Å². The van der Waals surface area contributed by atoms with E-state index in [0.717, 1.165) is 39.2 Å². The van der Waals surface area contributed by atoms with Crippen molar-refractivity contribution in [3.05, 3.63) is 206 Å². The normalized spacial score (nSPS) is 12.0. The van der Waals surface area contributed by atoms with Gasteiger partial charge in [-0.2, -0.15) is 0 Å². The topological polar surface area (TPSA) is 40.8 Å². The zero-order chi connectivity index (χ0) is 39.3. The second-order valence-electron chi connectivity index (χ2n) is 15.6. The predicted octanol–water partition coefficient (Wildman–Crippen LogP) is 14.5. The smallest absolute Gasteiger partial charge is 0.227 e. The number of benzene rings is 9. The van der Waals surface area contributed by atoms with Crippen LogP contribution in [0.15, 0.2) is 211 Å². The summed E-state index contributed by atoms with van der Waals surface area (Å²) in [5, 5.41) is 7.39. The van der Waals surface area contributed by atoms with Gasteiger partial charge >= 0.3 is 0 Å². The Bertz CT molecular complexity index is 3780. The molecule has 60 heavy (non-hydrogen) atoms. The van der Waals surface area contributed by atoms with Crippen LogP contribution in [0.3, 0.4) is 0 Å². The van der Waals surface area contributed by atoms with Crippen molar-refractivity contribution in [2.75, 3.05) is 0 Å². The minimum Gasteiger partial charge on any atom is -0.436 e. The number of rotatable bonds is 5. The van der Waals surface area contributed by atoms with Gasteiger partial charge < -0.3 is 18.1 Å². The van der Waals surface area contributed by atoms with E-state index in [2.05, 4.69) is 196 Å². The molecule has 13 rings (SSSR count). The molecule has 0 radical (unpaired) electrons. The Balaban J connectivity index is 0.988. The van der Waals surface area contributed by atoms with Crippen LogP contribution < -0.4 is 0 Å². The fourth-order valence-corrected chi connectivity index (χ4v) is 9.55. The molecule has 0 atom stereocenters. The van der Waals surface area contributed by atoms with Crippen LogP contribution in [0.25, 0.3) is 116 Å². The summed E-state index contributed by atoms with van der Waals surface area (Å²) in [7, 11) is 0. The molecule has 0 saturated heterocycles. The highest BCUT2D eigenvalue weighted by Gasteiger charge is 2.20. The molecule has 4 heterocycles. The second kappa shape index (κ2) is 12.7.